The van der Waals surface area contributed by atoms with Crippen molar-refractivity contribution in [3.05, 3.63) is 0 Å². The molecule has 94 heavy (non-hydrogen) atoms. The first kappa shape index (κ1) is 77.9. The monoisotopic (exact) mass is 1440 g/mol. The predicted octanol–water partition coefficient (Wildman–Crippen LogP) is -15.2. The summed E-state index contributed by atoms with van der Waals surface area (Å²) in [6, 6.07) is -6.78. The van der Waals surface area contributed by atoms with Crippen LogP contribution in [-0.4, -0.2) is 388 Å². The summed E-state index contributed by atoms with van der Waals surface area (Å²) < 4.78 is 77.5. The Morgan fingerprint density at radius 3 is 1.06 bits per heavy atom. The molecule has 7 fully saturated rings. The van der Waals surface area contributed by atoms with Gasteiger partial charge in [-0.1, -0.05) is 15.9 Å². The van der Waals surface area contributed by atoms with E-state index in [9.17, 15) is 116 Å². The van der Waals surface area contributed by atoms with E-state index >= 15 is 0 Å². The molecule has 7 aliphatic rings. The summed E-state index contributed by atoms with van der Waals surface area (Å²) in [5, 5.41) is 211. The van der Waals surface area contributed by atoms with Gasteiger partial charge in [-0.3, -0.25) is 24.0 Å². The van der Waals surface area contributed by atoms with Crippen molar-refractivity contribution in [2.24, 2.45) is 0 Å². The van der Waals surface area contributed by atoms with E-state index in [0.29, 0.717) is 0 Å². The Morgan fingerprint density at radius 2 is 0.638 bits per heavy atom. The molecule has 7 saturated heterocycles. The minimum Gasteiger partial charge on any atom is -0.394 e. The van der Waals surface area contributed by atoms with Crippen LogP contribution in [0.15, 0.2) is 0 Å². The topological polar surface area (TPSA) is 630 Å². The lowest BCUT2D eigenvalue weighted by molar-refractivity contribution is -0.395. The fourth-order valence-corrected chi connectivity index (χ4v) is 12.0. The summed E-state index contributed by atoms with van der Waals surface area (Å²) in [6.45, 7) is -3.15. The number of hydrogen-bond acceptors (Lipinski definition) is 36. The summed E-state index contributed by atoms with van der Waals surface area (Å²) in [5.74, 6) is -3.95. The molecule has 5 amide bonds. The highest BCUT2D eigenvalue weighted by Gasteiger charge is 2.59. The van der Waals surface area contributed by atoms with Crippen LogP contribution in [0.4, 0.5) is 0 Å². The van der Waals surface area contributed by atoms with Crippen molar-refractivity contribution < 1.29 is 177 Å². The number of amides is 5. The van der Waals surface area contributed by atoms with Crippen LogP contribution in [0.2, 0.25) is 0 Å². The zero-order valence-corrected chi connectivity index (χ0v) is 52.2. The Hall–Kier alpha value is -3.41. The number of aliphatic hydroxyl groups excluding tert-OH is 18. The van der Waals surface area contributed by atoms with Gasteiger partial charge in [-0.25, -0.2) is 0 Å². The van der Waals surface area contributed by atoms with Gasteiger partial charge in [0.25, 0.3) is 0 Å². The third-order valence-corrected chi connectivity index (χ3v) is 17.1. The van der Waals surface area contributed by atoms with Gasteiger partial charge < -0.3 is 180 Å². The zero-order chi connectivity index (χ0) is 69.5. The largest absolute Gasteiger partial charge is 0.394 e. The van der Waals surface area contributed by atoms with Crippen LogP contribution in [0.5, 0.6) is 0 Å². The number of alkyl halides is 1. The lowest BCUT2D eigenvalue weighted by atomic mass is 9.93. The van der Waals surface area contributed by atoms with Crippen molar-refractivity contribution in [1.82, 2.24) is 26.6 Å². The molecule has 0 radical (unpaired) electrons. The number of nitrogens with one attached hydrogen (secondary N) is 5. The van der Waals surface area contributed by atoms with Gasteiger partial charge in [-0.15, -0.1) is 0 Å². The molecule has 42 heteroatoms. The second-order valence-electron chi connectivity index (χ2n) is 23.3. The van der Waals surface area contributed by atoms with Crippen LogP contribution in [0.1, 0.15) is 27.7 Å². The van der Waals surface area contributed by atoms with Crippen LogP contribution in [0.25, 0.3) is 0 Å². The molecule has 23 N–H and O–H groups in total. The SMILES string of the molecule is CC(=O)NC1C(O)[C@H](O)[C@H](CO)O[C@H]1O[C@@H]1C(O)[C@H](O)C(CO)O[C@@H]1OCC1O[C@@H](O[C@@H]2C(CO)O[C@@H](O[C@@H]3C(CO)O[C@@H](NC(=O)CBr)[C@@H](NC(C)=O)C3O)[C@@H](NC(C)=O)C2O)[C@H](O)C(O[C@H]2O[C@H](CO)[C@@H](O)C(O)C2O[C@@H]2OC(CO)[C@@H](O)C(O)[C@@H]2NC(C)=O)[C@@H]1O. The standard InChI is InChI=1S/C52H86BrN5O36/c1-13(65)54-25-36(77)41(21(10-63)83-46(25)58-24(69)5-53)90-49-28(57-16(4)68)37(78)42(22(11-64)88-49)91-50-40(81)43(92-52-45(39(80)32(73)20(9-62)87-52)94-48-27(56-15(3)67)35(76)30(71)18(7-60)85-48)33(74)23(89-50)12-82-51-44(38(79)31(72)19(8-61)86-51)93-47-26(55-14(2)66)34(75)29(70)17(6-59)84-47/h17-23,25-52,59-64,70-81H,5-12H2,1-4H3,(H,54,65)(H,55,66)(H,56,67)(H,57,68)(H,58,69)/t17-,18?,19?,20+,21?,22?,23?,25-,26?,27-,28-,29+,30+,31+,32+,33+,34?,35?,36?,37?,38?,39?,40+,41+,42+,43?,44+,45?,46+,47-,48-,49-,50-,51-,52+/m0/s1. The molecule has 7 aliphatic heterocycles. The first-order chi connectivity index (χ1) is 44.5. The highest BCUT2D eigenvalue weighted by atomic mass is 79.9. The van der Waals surface area contributed by atoms with E-state index < -0.39 is 290 Å². The van der Waals surface area contributed by atoms with Gasteiger partial charge >= 0.3 is 0 Å². The second-order valence-corrected chi connectivity index (χ2v) is 23.8. The molecule has 0 aliphatic carbocycles. The Balaban J connectivity index is 1.25. The van der Waals surface area contributed by atoms with E-state index in [2.05, 4.69) is 42.5 Å². The third-order valence-electron chi connectivity index (χ3n) is 16.6. The molecule has 41 nitrogen and oxygen atoms in total. The highest BCUT2D eigenvalue weighted by Crippen LogP contribution is 2.38. The van der Waals surface area contributed by atoms with Gasteiger partial charge in [-0.05, 0) is 0 Å². The van der Waals surface area contributed by atoms with Crippen molar-refractivity contribution in [2.75, 3.05) is 51.6 Å². The normalized spacial score (nSPS) is 46.0. The predicted molar refractivity (Wildman–Crippen MR) is 298 cm³/mol. The molecular weight excluding hydrogens is 1350 g/mol. The number of carbonyl (C=O) groups excluding carboxylic acids is 5. The maximum absolute atomic E-state index is 12.9. The maximum atomic E-state index is 12.9. The molecule has 0 spiro atoms. The second kappa shape index (κ2) is 34.6. The smallest absolute Gasteiger partial charge is 0.232 e. The van der Waals surface area contributed by atoms with Gasteiger partial charge in [0, 0.05) is 27.7 Å². The number of aliphatic hydroxyl groups is 18. The molecule has 0 bridgehead atoms. The first-order valence-corrected chi connectivity index (χ1v) is 30.8. The first-order valence-electron chi connectivity index (χ1n) is 29.7. The van der Waals surface area contributed by atoms with E-state index in [1.54, 1.807) is 0 Å². The Bertz CT molecular complexity index is 2460. The molecule has 0 aromatic carbocycles. The molecule has 14 unspecified atom stereocenters. The molecular formula is C52H86BrN5O36. The van der Waals surface area contributed by atoms with Crippen LogP contribution in [0, 0.1) is 0 Å². The van der Waals surface area contributed by atoms with Gasteiger partial charge in [0.2, 0.25) is 29.5 Å². The summed E-state index contributed by atoms with van der Waals surface area (Å²) in [7, 11) is 0. The average molecular weight is 1440 g/mol. The maximum Gasteiger partial charge on any atom is 0.232 e. The summed E-state index contributed by atoms with van der Waals surface area (Å²) in [5.41, 5.74) is 0. The van der Waals surface area contributed by atoms with E-state index in [1.165, 1.54) is 0 Å². The molecule has 35 atom stereocenters. The minimum atomic E-state index is -2.46. The van der Waals surface area contributed by atoms with Gasteiger partial charge in [0.05, 0.1) is 51.6 Å². The van der Waals surface area contributed by atoms with Gasteiger partial charge in [0.1, 0.15) is 171 Å². The molecule has 7 heterocycles. The average Bonchev–Trinajstić information content (AvgIpc) is 0.779. The van der Waals surface area contributed by atoms with E-state index in [4.69, 9.17) is 61.6 Å². The molecule has 542 valence electrons. The molecule has 0 aromatic rings. The summed E-state index contributed by atoms with van der Waals surface area (Å²) >= 11 is 2.98. The van der Waals surface area contributed by atoms with Crippen molar-refractivity contribution in [3.63, 3.8) is 0 Å². The Kier molecular flexibility index (Phi) is 28.7. The quantitative estimate of drug-likeness (QED) is 0.0377. The lowest BCUT2D eigenvalue weighted by Gasteiger charge is -2.51. The van der Waals surface area contributed by atoms with Crippen LogP contribution in [0.3, 0.4) is 0 Å². The Labute approximate surface area is 542 Å². The fourth-order valence-electron chi connectivity index (χ4n) is 11.8. The number of carbonyl (C=O) groups is 5. The third kappa shape index (κ3) is 17.8. The number of halogens is 1. The van der Waals surface area contributed by atoms with Crippen molar-refractivity contribution in [1.29, 1.82) is 0 Å². The summed E-state index contributed by atoms with van der Waals surface area (Å²) in [4.78, 5) is 62.5. The molecule has 7 rings (SSSR count). The molecule has 0 saturated carbocycles. The highest BCUT2D eigenvalue weighted by molar-refractivity contribution is 9.09. The zero-order valence-electron chi connectivity index (χ0n) is 50.6. The number of hydrogen-bond donors (Lipinski definition) is 23. The van der Waals surface area contributed by atoms with Crippen molar-refractivity contribution in [3.8, 4) is 0 Å². The molecule has 0 aromatic heterocycles. The van der Waals surface area contributed by atoms with Crippen LogP contribution in [-0.2, 0) is 85.6 Å². The van der Waals surface area contributed by atoms with Crippen molar-refractivity contribution in [2.45, 2.75) is 242 Å². The van der Waals surface area contributed by atoms with Gasteiger partial charge in [0.15, 0.2) is 44.0 Å². The lowest BCUT2D eigenvalue weighted by Crippen LogP contribution is -2.71. The minimum absolute atomic E-state index is 0.263. The fraction of sp³-hybridized carbons (Fsp3) is 0.904. The van der Waals surface area contributed by atoms with E-state index in [1.807, 2.05) is 0 Å². The van der Waals surface area contributed by atoms with E-state index in [-0.39, 0.29) is 5.33 Å². The summed E-state index contributed by atoms with van der Waals surface area (Å²) in [6.07, 6.45) is -61.7. The van der Waals surface area contributed by atoms with E-state index in [0.717, 1.165) is 27.7 Å². The van der Waals surface area contributed by atoms with Crippen LogP contribution >= 0.6 is 15.9 Å². The number of rotatable bonds is 25. The van der Waals surface area contributed by atoms with Gasteiger partial charge in [-0.2, -0.15) is 0 Å². The number of ether oxygens (including phenoxy) is 13. The van der Waals surface area contributed by atoms with Crippen LogP contribution < -0.4 is 26.6 Å². The Morgan fingerprint density at radius 1 is 0.319 bits per heavy atom. The van der Waals surface area contributed by atoms with Crippen molar-refractivity contribution >= 4 is 45.5 Å².